The molecule has 0 radical (unpaired) electrons. The first kappa shape index (κ1) is 59.2. The maximum Gasteiger partial charge on any atom is 2.00 e. The fraction of sp³-hybridized carbons (Fsp3) is 0.942. The number of ketones is 1. The minimum absolute atomic E-state index is 0. The molecule has 0 aromatic carbocycles. The molecule has 6 saturated carbocycles. The van der Waals surface area contributed by atoms with Crippen LogP contribution in [0.15, 0.2) is 0 Å². The van der Waals surface area contributed by atoms with Gasteiger partial charge in [-0.2, -0.15) is 6.92 Å². The average molecular weight is 911 g/mol. The first-order valence-electron chi connectivity index (χ1n) is 24.8. The van der Waals surface area contributed by atoms with E-state index in [1.54, 1.807) is 13.8 Å². The van der Waals surface area contributed by atoms with Crippen molar-refractivity contribution < 1.29 is 40.5 Å². The van der Waals surface area contributed by atoms with Gasteiger partial charge in [0.1, 0.15) is 5.78 Å². The maximum absolute atomic E-state index is 13.7. The van der Waals surface area contributed by atoms with Crippen molar-refractivity contribution in [1.82, 2.24) is 0 Å². The molecule has 0 heterocycles. The molecule has 0 aromatic rings. The number of Topliss-reactive ketones (excluding diaryl/α,β-unsaturated/α-hetero) is 1. The average Bonchev–Trinajstić information content (AvgIpc) is 3.27. The quantitative estimate of drug-likeness (QED) is 0.166. The Hall–Kier alpha value is 0.246. The van der Waals surface area contributed by atoms with Gasteiger partial charge in [0.05, 0.1) is 5.92 Å². The molecule has 0 aliphatic heterocycles. The summed E-state index contributed by atoms with van der Waals surface area (Å²) in [7, 11) is 0. The zero-order valence-corrected chi connectivity index (χ0v) is 41.7. The summed E-state index contributed by atoms with van der Waals surface area (Å²) in [5, 5.41) is 9.00. The summed E-state index contributed by atoms with van der Waals surface area (Å²) in [6, 6.07) is 0. The van der Waals surface area contributed by atoms with E-state index in [1.807, 2.05) is 6.92 Å². The van der Waals surface area contributed by atoms with Crippen molar-refractivity contribution in [2.75, 3.05) is 0 Å². The molecule has 0 saturated heterocycles. The number of carbonyl (C=O) groups is 2. The number of carbonyl (C=O) groups excluding carboxylic acids is 1. The molecule has 0 aromatic heterocycles. The van der Waals surface area contributed by atoms with Crippen LogP contribution in [0.4, 0.5) is 8.78 Å². The van der Waals surface area contributed by atoms with E-state index in [9.17, 15) is 18.4 Å². The van der Waals surface area contributed by atoms with Crippen LogP contribution in [0, 0.1) is 77.9 Å². The topological polar surface area (TPSA) is 54.4 Å². The van der Waals surface area contributed by atoms with Crippen molar-refractivity contribution in [3.8, 4) is 0 Å². The van der Waals surface area contributed by atoms with Gasteiger partial charge in [0.2, 0.25) is 0 Å². The number of hydrogen-bond donors (Lipinski definition) is 1. The van der Waals surface area contributed by atoms with Gasteiger partial charge in [-0.1, -0.05) is 99.8 Å². The molecule has 1 N–H and O–H groups in total. The Kier molecular flexibility index (Phi) is 32.1. The number of aliphatic carboxylic acids is 1. The zero-order chi connectivity index (χ0) is 41.1. The van der Waals surface area contributed by atoms with Gasteiger partial charge in [-0.05, 0) is 169 Å². The summed E-state index contributed by atoms with van der Waals surface area (Å²) in [4.78, 5) is 22.7. The number of halogens is 3. The van der Waals surface area contributed by atoms with Gasteiger partial charge in [-0.25, -0.2) is 8.78 Å². The molecule has 0 amide bonds. The van der Waals surface area contributed by atoms with Crippen LogP contribution in [0.25, 0.3) is 0 Å². The number of hydrogen-bond acceptors (Lipinski definition) is 2. The Bertz CT molecular complexity index is 1040. The molecule has 6 aliphatic rings. The van der Waals surface area contributed by atoms with Crippen LogP contribution in [0.3, 0.4) is 0 Å². The molecule has 59 heavy (non-hydrogen) atoms. The van der Waals surface area contributed by atoms with Crippen molar-refractivity contribution in [2.45, 2.75) is 241 Å². The Labute approximate surface area is 392 Å². The largest absolute Gasteiger partial charge is 2.00 e. The minimum atomic E-state index is -2.41. The predicted octanol–water partition coefficient (Wildman–Crippen LogP) is 13.2. The summed E-state index contributed by atoms with van der Waals surface area (Å²) >= 11 is 0. The number of alkyl halides is 2. The van der Waals surface area contributed by atoms with Gasteiger partial charge in [-0.15, -0.1) is 0 Å². The van der Waals surface area contributed by atoms with Gasteiger partial charge >= 0.3 is 29.0 Å². The van der Waals surface area contributed by atoms with Gasteiger partial charge in [-0.3, -0.25) is 9.59 Å². The molecule has 344 valence electrons. The molecule has 6 aliphatic carbocycles. The SMILES string of the molecule is C.CCC(=O)C1CCC(C2CCC(CC)CC2)CC1.CCC1CCC(C2CCC(C(=O)O)CC2)CC1.CCC1CCC(C2CCC(C(F)(F)CC)CC2)CC1.[Br-].[CH2-]C.[Mg+2]. The number of rotatable bonds is 11. The molecule has 0 spiro atoms. The van der Waals surface area contributed by atoms with Crippen LogP contribution < -0.4 is 17.0 Å². The van der Waals surface area contributed by atoms with Gasteiger partial charge in [0.15, 0.2) is 0 Å². The van der Waals surface area contributed by atoms with Crippen molar-refractivity contribution in [2.24, 2.45) is 71.0 Å². The minimum Gasteiger partial charge on any atom is -1.00 e. The normalized spacial score (nSPS) is 34.7. The molecule has 3 nitrogen and oxygen atoms in total. The molecular weight excluding hydrogens is 815 g/mol. The third-order valence-electron chi connectivity index (χ3n) is 16.9. The molecule has 6 rings (SSSR count). The Morgan fingerprint density at radius 2 is 0.746 bits per heavy atom. The Morgan fingerprint density at radius 3 is 0.983 bits per heavy atom. The molecule has 0 atom stereocenters. The van der Waals surface area contributed by atoms with Crippen LogP contribution in [-0.4, -0.2) is 45.8 Å². The summed E-state index contributed by atoms with van der Waals surface area (Å²) in [5.41, 5.74) is 0. The van der Waals surface area contributed by atoms with E-state index >= 15 is 0 Å². The summed E-state index contributed by atoms with van der Waals surface area (Å²) < 4.78 is 27.4. The Morgan fingerprint density at radius 1 is 0.492 bits per heavy atom. The first-order chi connectivity index (χ1) is 27.0. The van der Waals surface area contributed by atoms with Crippen LogP contribution in [0.2, 0.25) is 0 Å². The Balaban J connectivity index is 0.000000818. The van der Waals surface area contributed by atoms with Crippen LogP contribution in [-0.2, 0) is 9.59 Å². The monoisotopic (exact) mass is 909 g/mol. The summed E-state index contributed by atoms with van der Waals surface area (Å²) in [6.07, 6.45) is 34.7. The van der Waals surface area contributed by atoms with Crippen molar-refractivity contribution in [3.05, 3.63) is 6.92 Å². The third kappa shape index (κ3) is 19.5. The van der Waals surface area contributed by atoms with E-state index < -0.39 is 11.9 Å². The van der Waals surface area contributed by atoms with E-state index in [0.29, 0.717) is 11.7 Å². The fourth-order valence-corrected chi connectivity index (χ4v) is 12.5. The van der Waals surface area contributed by atoms with Gasteiger partial charge in [0.25, 0.3) is 5.92 Å². The summed E-state index contributed by atoms with van der Waals surface area (Å²) in [6.45, 7) is 15.6. The van der Waals surface area contributed by atoms with E-state index in [2.05, 4.69) is 27.7 Å². The van der Waals surface area contributed by atoms with Crippen molar-refractivity contribution in [3.63, 3.8) is 0 Å². The molecular formula is C52H95BrF2MgO3. The predicted molar refractivity (Wildman–Crippen MR) is 245 cm³/mol. The maximum atomic E-state index is 13.7. The van der Waals surface area contributed by atoms with E-state index in [4.69, 9.17) is 5.11 Å². The smallest absolute Gasteiger partial charge is 1.00 e. The summed E-state index contributed by atoms with van der Waals surface area (Å²) in [5.74, 6) is 5.78. The molecule has 0 unspecified atom stereocenters. The number of carboxylic acids is 1. The van der Waals surface area contributed by atoms with Crippen LogP contribution in [0.5, 0.6) is 0 Å². The first-order valence-corrected chi connectivity index (χ1v) is 24.8. The van der Waals surface area contributed by atoms with Gasteiger partial charge < -0.3 is 29.0 Å². The van der Waals surface area contributed by atoms with Gasteiger partial charge in [0, 0.05) is 24.7 Å². The van der Waals surface area contributed by atoms with Crippen molar-refractivity contribution in [1.29, 1.82) is 0 Å². The van der Waals surface area contributed by atoms with Crippen LogP contribution in [0.1, 0.15) is 235 Å². The molecule has 7 heteroatoms. The standard InChI is InChI=1S/C17H30F2.C17H30O.C15H26O2.C2H5.CH4.BrH.Mg/c1-3-13-5-7-14(8-6-13)15-9-11-16(12-10-15)17(18,19)4-2;1-3-13-5-7-14(8-6-13)15-9-11-16(12-10-15)17(18)4-2;1-2-11-3-5-12(6-4-11)13-7-9-14(10-8-13)15(16)17;1-2;;;/h13-16H,3-12H2,1-2H3;13-16H,3-12H2,1-2H3;11-14H,2-10H2,1H3,(H,16,17);1H2,2H3;1H4;1H;/q;;;-1;;;+2/p-1. The fourth-order valence-electron chi connectivity index (χ4n) is 12.5. The van der Waals surface area contributed by atoms with E-state index in [0.717, 1.165) is 98.2 Å². The van der Waals surface area contributed by atoms with E-state index in [1.165, 1.54) is 135 Å². The second-order valence-electron chi connectivity index (χ2n) is 19.7. The number of carboxylic acid groups (broad SMARTS) is 1. The zero-order valence-electron chi connectivity index (χ0n) is 38.7. The second-order valence-corrected chi connectivity index (χ2v) is 19.7. The van der Waals surface area contributed by atoms with E-state index in [-0.39, 0.29) is 65.7 Å². The molecule has 0 bridgehead atoms. The second kappa shape index (κ2) is 32.0. The van der Waals surface area contributed by atoms with Crippen LogP contribution >= 0.6 is 0 Å². The molecule has 6 fully saturated rings. The van der Waals surface area contributed by atoms with Crippen molar-refractivity contribution >= 4 is 34.8 Å². The third-order valence-corrected chi connectivity index (χ3v) is 16.9.